The van der Waals surface area contributed by atoms with Gasteiger partial charge in [-0.3, -0.25) is 0 Å². The minimum Gasteiger partial charge on any atom is -0.383 e. The fourth-order valence-corrected chi connectivity index (χ4v) is 4.51. The van der Waals surface area contributed by atoms with Crippen LogP contribution >= 0.6 is 23.1 Å². The van der Waals surface area contributed by atoms with E-state index >= 15 is 0 Å². The van der Waals surface area contributed by atoms with Crippen LogP contribution in [0.25, 0.3) is 0 Å². The highest BCUT2D eigenvalue weighted by Gasteiger charge is 2.25. The van der Waals surface area contributed by atoms with Gasteiger partial charge in [0.15, 0.2) is 5.13 Å². The molecule has 0 unspecified atom stereocenters. The molecule has 1 saturated heterocycles. The van der Waals surface area contributed by atoms with Gasteiger partial charge in [0, 0.05) is 55.1 Å². The Bertz CT molecular complexity index is 437. The first-order valence-corrected chi connectivity index (χ1v) is 9.52. The lowest BCUT2D eigenvalue weighted by atomic mass is 9.91. The van der Waals surface area contributed by atoms with Crippen LogP contribution in [-0.2, 0) is 16.7 Å². The second kappa shape index (κ2) is 7.81. The molecule has 0 bridgehead atoms. The quantitative estimate of drug-likeness (QED) is 0.812. The maximum atomic E-state index is 5.09. The molecule has 4 nitrogen and oxygen atoms in total. The SMILES string of the molecule is COCCNCc1sc(N2CCSCC2)nc1C(C)(C)C. The van der Waals surface area contributed by atoms with Crippen LogP contribution in [0.4, 0.5) is 5.13 Å². The van der Waals surface area contributed by atoms with Crippen LogP contribution in [-0.4, -0.2) is 49.8 Å². The van der Waals surface area contributed by atoms with Crippen LogP contribution < -0.4 is 10.2 Å². The molecule has 0 atom stereocenters. The van der Waals surface area contributed by atoms with Gasteiger partial charge in [-0.25, -0.2) is 4.98 Å². The van der Waals surface area contributed by atoms with Crippen molar-refractivity contribution in [3.05, 3.63) is 10.6 Å². The van der Waals surface area contributed by atoms with Gasteiger partial charge in [-0.1, -0.05) is 20.8 Å². The van der Waals surface area contributed by atoms with E-state index in [0.29, 0.717) is 0 Å². The molecule has 2 heterocycles. The fourth-order valence-electron chi connectivity index (χ4n) is 2.31. The standard InChI is InChI=1S/C15H27N3OS2/c1-15(2,3)13-12(11-16-5-8-19-4)21-14(17-13)18-6-9-20-10-7-18/h16H,5-11H2,1-4H3. The molecule has 6 heteroatoms. The highest BCUT2D eigenvalue weighted by Crippen LogP contribution is 2.34. The molecule has 1 N–H and O–H groups in total. The van der Waals surface area contributed by atoms with Crippen molar-refractivity contribution in [2.24, 2.45) is 0 Å². The summed E-state index contributed by atoms with van der Waals surface area (Å²) >= 11 is 3.89. The molecule has 0 amide bonds. The van der Waals surface area contributed by atoms with Crippen molar-refractivity contribution in [3.63, 3.8) is 0 Å². The average Bonchev–Trinajstić information content (AvgIpc) is 2.89. The number of ether oxygens (including phenoxy) is 1. The number of thiazole rings is 1. The molecular weight excluding hydrogens is 302 g/mol. The first kappa shape index (κ1) is 17.1. The van der Waals surface area contributed by atoms with Crippen molar-refractivity contribution in [2.45, 2.75) is 32.7 Å². The second-order valence-electron chi connectivity index (χ2n) is 6.29. The van der Waals surface area contributed by atoms with Gasteiger partial charge in [0.1, 0.15) is 0 Å². The maximum Gasteiger partial charge on any atom is 0.185 e. The van der Waals surface area contributed by atoms with Crippen LogP contribution in [0.15, 0.2) is 0 Å². The van der Waals surface area contributed by atoms with E-state index in [1.807, 2.05) is 23.1 Å². The number of thioether (sulfide) groups is 1. The third-order valence-corrected chi connectivity index (χ3v) is 5.51. The smallest absolute Gasteiger partial charge is 0.185 e. The number of hydrogen-bond acceptors (Lipinski definition) is 6. The number of nitrogens with zero attached hydrogens (tertiary/aromatic N) is 2. The molecule has 21 heavy (non-hydrogen) atoms. The lowest BCUT2D eigenvalue weighted by molar-refractivity contribution is 0.199. The van der Waals surface area contributed by atoms with Crippen LogP contribution in [0, 0.1) is 0 Å². The van der Waals surface area contributed by atoms with Crippen molar-refractivity contribution in [1.82, 2.24) is 10.3 Å². The molecule has 0 saturated carbocycles. The van der Waals surface area contributed by atoms with Gasteiger partial charge in [0.05, 0.1) is 12.3 Å². The summed E-state index contributed by atoms with van der Waals surface area (Å²) in [5.74, 6) is 2.43. The molecule has 0 aromatic carbocycles. The van der Waals surface area contributed by atoms with Gasteiger partial charge in [-0.15, -0.1) is 11.3 Å². The average molecular weight is 330 g/mol. The van der Waals surface area contributed by atoms with E-state index in [2.05, 4.69) is 31.0 Å². The van der Waals surface area contributed by atoms with Crippen molar-refractivity contribution >= 4 is 28.2 Å². The Hall–Kier alpha value is -0.300. The van der Waals surface area contributed by atoms with E-state index in [1.54, 1.807) is 7.11 Å². The number of methoxy groups -OCH3 is 1. The predicted octanol–water partition coefficient (Wildman–Crippen LogP) is 2.73. The van der Waals surface area contributed by atoms with Crippen LogP contribution in [0.1, 0.15) is 31.3 Å². The Morgan fingerprint density at radius 3 is 2.62 bits per heavy atom. The van der Waals surface area contributed by atoms with Gasteiger partial charge in [-0.2, -0.15) is 11.8 Å². The Morgan fingerprint density at radius 1 is 1.29 bits per heavy atom. The number of nitrogens with one attached hydrogen (secondary N) is 1. The lowest BCUT2D eigenvalue weighted by Gasteiger charge is -2.25. The van der Waals surface area contributed by atoms with Crippen molar-refractivity contribution < 1.29 is 4.74 Å². The summed E-state index contributed by atoms with van der Waals surface area (Å²) < 4.78 is 5.09. The Morgan fingerprint density at radius 2 is 2.00 bits per heavy atom. The second-order valence-corrected chi connectivity index (χ2v) is 8.57. The summed E-state index contributed by atoms with van der Waals surface area (Å²) in [5.41, 5.74) is 1.34. The topological polar surface area (TPSA) is 37.4 Å². The van der Waals surface area contributed by atoms with Gasteiger partial charge in [0.25, 0.3) is 0 Å². The van der Waals surface area contributed by atoms with E-state index in [-0.39, 0.29) is 5.41 Å². The highest BCUT2D eigenvalue weighted by atomic mass is 32.2. The molecule has 1 fully saturated rings. The first-order chi connectivity index (χ1) is 10.0. The molecule has 1 aromatic rings. The molecule has 0 radical (unpaired) electrons. The van der Waals surface area contributed by atoms with E-state index in [1.165, 1.54) is 27.2 Å². The minimum atomic E-state index is 0.0948. The highest BCUT2D eigenvalue weighted by molar-refractivity contribution is 7.99. The van der Waals surface area contributed by atoms with Crippen LogP contribution in [0.5, 0.6) is 0 Å². The molecular formula is C15H27N3OS2. The number of anilines is 1. The maximum absolute atomic E-state index is 5.09. The van der Waals surface area contributed by atoms with Gasteiger partial charge in [-0.05, 0) is 0 Å². The molecule has 1 aromatic heterocycles. The molecule has 2 rings (SSSR count). The number of rotatable bonds is 6. The zero-order valence-electron chi connectivity index (χ0n) is 13.6. The normalized spacial score (nSPS) is 16.5. The van der Waals surface area contributed by atoms with Crippen molar-refractivity contribution in [2.75, 3.05) is 49.8 Å². The third-order valence-electron chi connectivity index (χ3n) is 3.45. The summed E-state index contributed by atoms with van der Waals surface area (Å²) in [6.07, 6.45) is 0. The molecule has 0 spiro atoms. The van der Waals surface area contributed by atoms with Crippen molar-refractivity contribution in [1.29, 1.82) is 0 Å². The molecule has 120 valence electrons. The minimum absolute atomic E-state index is 0.0948. The van der Waals surface area contributed by atoms with Gasteiger partial charge >= 0.3 is 0 Å². The number of aromatic nitrogens is 1. The predicted molar refractivity (Wildman–Crippen MR) is 93.9 cm³/mol. The number of hydrogen-bond donors (Lipinski definition) is 1. The fraction of sp³-hybridized carbons (Fsp3) is 0.800. The lowest BCUT2D eigenvalue weighted by Crippen LogP contribution is -2.32. The summed E-state index contributed by atoms with van der Waals surface area (Å²) in [7, 11) is 1.74. The van der Waals surface area contributed by atoms with Crippen molar-refractivity contribution in [3.8, 4) is 0 Å². The van der Waals surface area contributed by atoms with E-state index in [9.17, 15) is 0 Å². The van der Waals surface area contributed by atoms with Gasteiger partial charge in [0.2, 0.25) is 0 Å². The molecule has 0 aliphatic carbocycles. The largest absolute Gasteiger partial charge is 0.383 e. The van der Waals surface area contributed by atoms with E-state index in [4.69, 9.17) is 9.72 Å². The van der Waals surface area contributed by atoms with Crippen LogP contribution in [0.2, 0.25) is 0 Å². The van der Waals surface area contributed by atoms with E-state index < -0.39 is 0 Å². The van der Waals surface area contributed by atoms with E-state index in [0.717, 1.165) is 32.8 Å². The summed E-state index contributed by atoms with van der Waals surface area (Å²) in [6, 6.07) is 0. The first-order valence-electron chi connectivity index (χ1n) is 7.55. The zero-order valence-corrected chi connectivity index (χ0v) is 15.2. The molecule has 1 aliphatic heterocycles. The monoisotopic (exact) mass is 329 g/mol. The van der Waals surface area contributed by atoms with Crippen LogP contribution in [0.3, 0.4) is 0 Å². The molecule has 1 aliphatic rings. The zero-order chi connectivity index (χ0) is 15.3. The third kappa shape index (κ3) is 4.84. The Kier molecular flexibility index (Phi) is 6.34. The summed E-state index contributed by atoms with van der Waals surface area (Å²) in [6.45, 7) is 11.5. The Balaban J connectivity index is 2.10. The Labute approximate surface area is 136 Å². The summed E-state index contributed by atoms with van der Waals surface area (Å²) in [4.78, 5) is 8.77. The van der Waals surface area contributed by atoms with Gasteiger partial charge < -0.3 is 15.0 Å². The summed E-state index contributed by atoms with van der Waals surface area (Å²) in [5, 5.41) is 4.65.